The predicted molar refractivity (Wildman–Crippen MR) is 150 cm³/mol. The Kier molecular flexibility index (Phi) is 8.28. The van der Waals surface area contributed by atoms with E-state index < -0.39 is 5.97 Å². The molecular formula is C30H27ClN2O5. The number of halogens is 1. The van der Waals surface area contributed by atoms with Crippen LogP contribution >= 0.6 is 11.6 Å². The van der Waals surface area contributed by atoms with Gasteiger partial charge in [0.05, 0.1) is 31.6 Å². The number of ether oxygens (including phenoxy) is 3. The van der Waals surface area contributed by atoms with Crippen molar-refractivity contribution in [3.63, 3.8) is 0 Å². The van der Waals surface area contributed by atoms with Crippen molar-refractivity contribution < 1.29 is 23.8 Å². The molecule has 0 aliphatic heterocycles. The fraction of sp³-hybridized carbons (Fsp3) is 0.167. The number of hydrogen-bond acceptors (Lipinski definition) is 6. The molecule has 1 aromatic heterocycles. The lowest BCUT2D eigenvalue weighted by atomic mass is 9.97. The number of nitrogens with one attached hydrogen (secondary N) is 1. The molecule has 1 heterocycles. The number of nitrogens with zero attached hydrogens (tertiary/aromatic N) is 1. The number of amides is 1. The van der Waals surface area contributed by atoms with Crippen molar-refractivity contribution in [1.82, 2.24) is 4.98 Å². The number of aromatic nitrogens is 1. The molecule has 4 rings (SSSR count). The Morgan fingerprint density at radius 3 is 2.37 bits per heavy atom. The second kappa shape index (κ2) is 11.8. The molecule has 0 spiro atoms. The Balaban J connectivity index is 1.71. The van der Waals surface area contributed by atoms with Crippen molar-refractivity contribution in [3.05, 3.63) is 83.0 Å². The maximum Gasteiger partial charge on any atom is 0.308 e. The standard InChI is InChI=1S/C30H27ClN2O5/c1-5-19-10-12-24-22(14-19)29(21-8-6-7-9-23(21)31)25(17-32-24)33-28(35)13-11-20-15-26(36-3)30(38-18(2)34)27(16-20)37-4/h6-17H,5H2,1-4H3,(H,33,35)/b13-11+. The Morgan fingerprint density at radius 2 is 1.74 bits per heavy atom. The highest BCUT2D eigenvalue weighted by molar-refractivity contribution is 6.34. The van der Waals surface area contributed by atoms with Crippen LogP contribution in [0.15, 0.2) is 66.9 Å². The van der Waals surface area contributed by atoms with E-state index in [4.69, 9.17) is 25.8 Å². The van der Waals surface area contributed by atoms with E-state index >= 15 is 0 Å². The molecule has 0 saturated carbocycles. The molecule has 0 aliphatic rings. The average molecular weight is 531 g/mol. The number of hydrogen-bond donors (Lipinski definition) is 1. The summed E-state index contributed by atoms with van der Waals surface area (Å²) in [4.78, 5) is 29.1. The molecule has 1 N–H and O–H groups in total. The molecule has 194 valence electrons. The topological polar surface area (TPSA) is 86.8 Å². The summed E-state index contributed by atoms with van der Waals surface area (Å²) in [5.74, 6) is -0.110. The number of fused-ring (bicyclic) bond motifs is 1. The number of rotatable bonds is 8. The van der Waals surface area contributed by atoms with Crippen LogP contribution in [0.4, 0.5) is 5.69 Å². The average Bonchev–Trinajstić information content (AvgIpc) is 2.92. The molecule has 0 aliphatic carbocycles. The van der Waals surface area contributed by atoms with E-state index in [2.05, 4.69) is 23.3 Å². The van der Waals surface area contributed by atoms with Crippen molar-refractivity contribution in [3.8, 4) is 28.4 Å². The van der Waals surface area contributed by atoms with Gasteiger partial charge in [0.25, 0.3) is 0 Å². The van der Waals surface area contributed by atoms with Gasteiger partial charge in [0.15, 0.2) is 11.5 Å². The normalized spacial score (nSPS) is 11.0. The van der Waals surface area contributed by atoms with E-state index in [0.29, 0.717) is 27.8 Å². The van der Waals surface area contributed by atoms with Crippen LogP contribution in [0.25, 0.3) is 28.1 Å². The summed E-state index contributed by atoms with van der Waals surface area (Å²) in [6, 6.07) is 16.9. The molecule has 0 fully saturated rings. The summed E-state index contributed by atoms with van der Waals surface area (Å²) < 4.78 is 15.9. The van der Waals surface area contributed by atoms with Crippen LogP contribution in [0.2, 0.25) is 5.02 Å². The van der Waals surface area contributed by atoms with Gasteiger partial charge in [-0.3, -0.25) is 14.6 Å². The zero-order chi connectivity index (χ0) is 27.2. The van der Waals surface area contributed by atoms with Gasteiger partial charge in [0, 0.05) is 34.5 Å². The summed E-state index contributed by atoms with van der Waals surface area (Å²) in [6.07, 6.45) is 5.50. The first-order chi connectivity index (χ1) is 18.3. The number of pyridine rings is 1. The van der Waals surface area contributed by atoms with Crippen molar-refractivity contribution in [2.45, 2.75) is 20.3 Å². The van der Waals surface area contributed by atoms with Crippen LogP contribution in [-0.4, -0.2) is 31.1 Å². The molecule has 3 aromatic carbocycles. The minimum atomic E-state index is -0.506. The zero-order valence-electron chi connectivity index (χ0n) is 21.5. The number of esters is 1. The monoisotopic (exact) mass is 530 g/mol. The number of carbonyl (C=O) groups excluding carboxylic acids is 2. The number of aryl methyl sites for hydroxylation is 1. The highest BCUT2D eigenvalue weighted by atomic mass is 35.5. The molecule has 0 radical (unpaired) electrons. The van der Waals surface area contributed by atoms with Gasteiger partial charge in [-0.1, -0.05) is 42.8 Å². The Labute approximate surface area is 226 Å². The quantitative estimate of drug-likeness (QED) is 0.155. The van der Waals surface area contributed by atoms with Gasteiger partial charge in [-0.15, -0.1) is 0 Å². The summed E-state index contributed by atoms with van der Waals surface area (Å²) in [6.45, 7) is 3.38. The summed E-state index contributed by atoms with van der Waals surface area (Å²) >= 11 is 6.58. The zero-order valence-corrected chi connectivity index (χ0v) is 22.3. The third-order valence-corrected chi connectivity index (χ3v) is 6.23. The van der Waals surface area contributed by atoms with Gasteiger partial charge in [0.1, 0.15) is 0 Å². The minimum absolute atomic E-state index is 0.169. The number of methoxy groups -OCH3 is 2. The van der Waals surface area contributed by atoms with Crippen molar-refractivity contribution in [2.24, 2.45) is 0 Å². The van der Waals surface area contributed by atoms with Crippen LogP contribution in [0.3, 0.4) is 0 Å². The SMILES string of the molecule is CCc1ccc2ncc(NC(=O)/C=C/c3cc(OC)c(OC(C)=O)c(OC)c3)c(-c3ccccc3Cl)c2c1. The van der Waals surface area contributed by atoms with Gasteiger partial charge >= 0.3 is 5.97 Å². The van der Waals surface area contributed by atoms with Crippen LogP contribution in [0, 0.1) is 0 Å². The molecule has 0 bridgehead atoms. The first kappa shape index (κ1) is 26.7. The minimum Gasteiger partial charge on any atom is -0.493 e. The Bertz CT molecular complexity index is 1520. The summed E-state index contributed by atoms with van der Waals surface area (Å²) in [5.41, 5.74) is 4.69. The second-order valence-electron chi connectivity index (χ2n) is 8.40. The molecule has 0 saturated heterocycles. The molecule has 0 atom stereocenters. The molecule has 38 heavy (non-hydrogen) atoms. The van der Waals surface area contributed by atoms with Crippen molar-refractivity contribution in [1.29, 1.82) is 0 Å². The van der Waals surface area contributed by atoms with E-state index in [1.54, 1.807) is 24.4 Å². The van der Waals surface area contributed by atoms with E-state index in [-0.39, 0.29) is 11.7 Å². The van der Waals surface area contributed by atoms with Crippen LogP contribution < -0.4 is 19.5 Å². The summed E-state index contributed by atoms with van der Waals surface area (Å²) in [7, 11) is 2.91. The van der Waals surface area contributed by atoms with Gasteiger partial charge in [0.2, 0.25) is 11.7 Å². The van der Waals surface area contributed by atoms with Crippen molar-refractivity contribution in [2.75, 3.05) is 19.5 Å². The number of anilines is 1. The van der Waals surface area contributed by atoms with Gasteiger partial charge in [-0.2, -0.15) is 0 Å². The van der Waals surface area contributed by atoms with Gasteiger partial charge in [-0.05, 0) is 54.0 Å². The molecule has 1 amide bonds. The molecular weight excluding hydrogens is 504 g/mol. The first-order valence-electron chi connectivity index (χ1n) is 11.9. The largest absolute Gasteiger partial charge is 0.493 e. The van der Waals surface area contributed by atoms with E-state index in [1.807, 2.05) is 36.4 Å². The van der Waals surface area contributed by atoms with Crippen LogP contribution in [0.1, 0.15) is 25.0 Å². The lowest BCUT2D eigenvalue weighted by Gasteiger charge is -2.15. The predicted octanol–water partition coefficient (Wildman–Crippen LogP) is 6.71. The number of carbonyl (C=O) groups is 2. The van der Waals surface area contributed by atoms with Crippen molar-refractivity contribution >= 4 is 46.1 Å². The third-order valence-electron chi connectivity index (χ3n) is 5.90. The van der Waals surface area contributed by atoms with Gasteiger partial charge in [-0.25, -0.2) is 0 Å². The fourth-order valence-electron chi connectivity index (χ4n) is 4.10. The van der Waals surface area contributed by atoms with E-state index in [1.165, 1.54) is 27.2 Å². The molecule has 7 nitrogen and oxygen atoms in total. The maximum absolute atomic E-state index is 13.0. The first-order valence-corrected chi connectivity index (χ1v) is 12.3. The van der Waals surface area contributed by atoms with E-state index in [9.17, 15) is 9.59 Å². The Hall–Kier alpha value is -4.36. The highest BCUT2D eigenvalue weighted by Gasteiger charge is 2.17. The summed E-state index contributed by atoms with van der Waals surface area (Å²) in [5, 5.41) is 4.42. The molecule has 0 unspecified atom stereocenters. The second-order valence-corrected chi connectivity index (χ2v) is 8.81. The third kappa shape index (κ3) is 5.79. The number of benzene rings is 3. The van der Waals surface area contributed by atoms with Crippen LogP contribution in [-0.2, 0) is 16.0 Å². The Morgan fingerprint density at radius 1 is 1.03 bits per heavy atom. The fourth-order valence-corrected chi connectivity index (χ4v) is 4.33. The van der Waals surface area contributed by atoms with E-state index in [0.717, 1.165) is 34.0 Å². The lowest BCUT2D eigenvalue weighted by Crippen LogP contribution is -2.10. The van der Waals surface area contributed by atoms with Gasteiger partial charge < -0.3 is 19.5 Å². The highest BCUT2D eigenvalue weighted by Crippen LogP contribution is 2.40. The molecule has 4 aromatic rings. The smallest absolute Gasteiger partial charge is 0.308 e. The maximum atomic E-state index is 13.0. The lowest BCUT2D eigenvalue weighted by molar-refractivity contribution is -0.132. The van der Waals surface area contributed by atoms with Crippen LogP contribution in [0.5, 0.6) is 17.2 Å². The molecule has 8 heteroatoms.